The zero-order valence-electron chi connectivity index (χ0n) is 12.4. The van der Waals surface area contributed by atoms with Crippen molar-refractivity contribution in [3.63, 3.8) is 0 Å². The Hall–Kier alpha value is -0.0800. The van der Waals surface area contributed by atoms with E-state index in [1.165, 1.54) is 32.1 Å². The minimum absolute atomic E-state index is 0.102. The minimum atomic E-state index is 0.102. The molecule has 18 heavy (non-hydrogen) atoms. The molecular weight excluding hydrogens is 224 g/mol. The van der Waals surface area contributed by atoms with Crippen LogP contribution in [-0.2, 0) is 9.47 Å². The highest BCUT2D eigenvalue weighted by Crippen LogP contribution is 2.39. The second-order valence-electron chi connectivity index (χ2n) is 6.79. The maximum absolute atomic E-state index is 5.53. The molecule has 0 aromatic carbocycles. The van der Waals surface area contributed by atoms with Crippen LogP contribution in [0.2, 0.25) is 0 Å². The topological polar surface area (TPSA) is 18.5 Å². The van der Waals surface area contributed by atoms with Crippen LogP contribution in [0.15, 0.2) is 0 Å². The molecule has 0 radical (unpaired) electrons. The quantitative estimate of drug-likeness (QED) is 0.730. The van der Waals surface area contributed by atoms with Gasteiger partial charge in [0.1, 0.15) is 0 Å². The molecule has 2 nitrogen and oxygen atoms in total. The Morgan fingerprint density at radius 3 is 2.39 bits per heavy atom. The monoisotopic (exact) mass is 254 g/mol. The van der Waals surface area contributed by atoms with Gasteiger partial charge >= 0.3 is 0 Å². The molecule has 0 aromatic rings. The average Bonchev–Trinajstić information content (AvgIpc) is 2.80. The summed E-state index contributed by atoms with van der Waals surface area (Å²) in [4.78, 5) is 0. The first-order valence-electron chi connectivity index (χ1n) is 7.88. The van der Waals surface area contributed by atoms with Crippen molar-refractivity contribution < 1.29 is 9.47 Å². The van der Waals surface area contributed by atoms with Gasteiger partial charge in [0.25, 0.3) is 0 Å². The largest absolute Gasteiger partial charge is 0.350 e. The van der Waals surface area contributed by atoms with Crippen molar-refractivity contribution in [2.45, 2.75) is 65.6 Å². The molecule has 1 saturated carbocycles. The second-order valence-corrected chi connectivity index (χ2v) is 6.79. The molecule has 0 bridgehead atoms. The molecule has 2 fully saturated rings. The third-order valence-electron chi connectivity index (χ3n) is 4.72. The molecule has 3 unspecified atom stereocenters. The highest BCUT2D eigenvalue weighted by molar-refractivity contribution is 4.79. The normalized spacial score (nSPS) is 34.3. The van der Waals surface area contributed by atoms with Crippen LogP contribution in [0.5, 0.6) is 0 Å². The molecule has 0 aromatic heterocycles. The fourth-order valence-electron chi connectivity index (χ4n) is 3.80. The third-order valence-corrected chi connectivity index (χ3v) is 4.72. The fraction of sp³-hybridized carbons (Fsp3) is 1.00. The predicted octanol–water partition coefficient (Wildman–Crippen LogP) is 4.24. The van der Waals surface area contributed by atoms with Gasteiger partial charge in [-0.2, -0.15) is 0 Å². The summed E-state index contributed by atoms with van der Waals surface area (Å²) in [5, 5.41) is 0. The Kier molecular flexibility index (Phi) is 5.50. The Bertz CT molecular complexity index is 233. The van der Waals surface area contributed by atoms with Crippen LogP contribution in [0.25, 0.3) is 0 Å². The van der Waals surface area contributed by atoms with E-state index in [9.17, 15) is 0 Å². The van der Waals surface area contributed by atoms with E-state index in [1.807, 2.05) is 0 Å². The molecule has 3 atom stereocenters. The first kappa shape index (κ1) is 14.3. The van der Waals surface area contributed by atoms with Crippen molar-refractivity contribution in [3.05, 3.63) is 0 Å². The van der Waals surface area contributed by atoms with Crippen LogP contribution in [0.4, 0.5) is 0 Å². The van der Waals surface area contributed by atoms with Gasteiger partial charge in [-0.15, -0.1) is 0 Å². The molecule has 0 spiro atoms. The van der Waals surface area contributed by atoms with E-state index >= 15 is 0 Å². The van der Waals surface area contributed by atoms with Crippen LogP contribution in [0.1, 0.15) is 59.3 Å². The minimum Gasteiger partial charge on any atom is -0.350 e. The van der Waals surface area contributed by atoms with Gasteiger partial charge in [-0.05, 0) is 55.8 Å². The van der Waals surface area contributed by atoms with Crippen molar-refractivity contribution in [2.24, 2.45) is 23.7 Å². The van der Waals surface area contributed by atoms with Crippen LogP contribution in [0.3, 0.4) is 0 Å². The van der Waals surface area contributed by atoms with Crippen LogP contribution >= 0.6 is 0 Å². The van der Waals surface area contributed by atoms with Gasteiger partial charge in [0.05, 0.1) is 13.2 Å². The van der Waals surface area contributed by atoms with Crippen molar-refractivity contribution >= 4 is 0 Å². The molecule has 2 rings (SSSR count). The van der Waals surface area contributed by atoms with E-state index in [1.54, 1.807) is 0 Å². The number of ether oxygens (including phenoxy) is 2. The maximum Gasteiger partial charge on any atom is 0.157 e. The summed E-state index contributed by atoms with van der Waals surface area (Å²) in [5.41, 5.74) is 0. The first-order valence-corrected chi connectivity index (χ1v) is 7.88. The van der Waals surface area contributed by atoms with Gasteiger partial charge in [-0.3, -0.25) is 0 Å². The molecule has 1 heterocycles. The molecule has 2 heteroatoms. The number of hydrogen-bond acceptors (Lipinski definition) is 2. The molecule has 106 valence electrons. The van der Waals surface area contributed by atoms with E-state index in [0.29, 0.717) is 0 Å². The molecule has 1 aliphatic carbocycles. The summed E-state index contributed by atoms with van der Waals surface area (Å²) in [6, 6.07) is 0. The fourth-order valence-corrected chi connectivity index (χ4v) is 3.80. The second kappa shape index (κ2) is 6.91. The predicted molar refractivity (Wildman–Crippen MR) is 74.4 cm³/mol. The van der Waals surface area contributed by atoms with Crippen LogP contribution in [-0.4, -0.2) is 19.5 Å². The SMILES string of the molecule is CC(C)CC1CCC(CCC2OCCO2)C(C)C1. The zero-order chi connectivity index (χ0) is 13.0. The van der Waals surface area contributed by atoms with Gasteiger partial charge in [-0.1, -0.05) is 27.2 Å². The summed E-state index contributed by atoms with van der Waals surface area (Å²) in [6.45, 7) is 8.74. The Labute approximate surface area is 112 Å². The van der Waals surface area contributed by atoms with Gasteiger partial charge in [0.2, 0.25) is 0 Å². The average molecular weight is 254 g/mol. The first-order chi connectivity index (χ1) is 8.65. The summed E-state index contributed by atoms with van der Waals surface area (Å²) >= 11 is 0. The number of rotatable bonds is 5. The lowest BCUT2D eigenvalue weighted by atomic mass is 9.71. The van der Waals surface area contributed by atoms with Crippen molar-refractivity contribution in [1.82, 2.24) is 0 Å². The molecule has 1 aliphatic heterocycles. The smallest absolute Gasteiger partial charge is 0.157 e. The molecule has 2 aliphatic rings. The highest BCUT2D eigenvalue weighted by atomic mass is 16.7. The van der Waals surface area contributed by atoms with Crippen LogP contribution in [0, 0.1) is 23.7 Å². The molecule has 1 saturated heterocycles. The highest BCUT2D eigenvalue weighted by Gasteiger charge is 2.28. The summed E-state index contributed by atoms with van der Waals surface area (Å²) in [6.07, 6.45) is 8.22. The Morgan fingerprint density at radius 2 is 1.78 bits per heavy atom. The van der Waals surface area contributed by atoms with Crippen molar-refractivity contribution in [1.29, 1.82) is 0 Å². The lowest BCUT2D eigenvalue weighted by Crippen LogP contribution is -2.25. The number of hydrogen-bond donors (Lipinski definition) is 0. The summed E-state index contributed by atoms with van der Waals surface area (Å²) < 4.78 is 11.1. The van der Waals surface area contributed by atoms with Gasteiger partial charge in [-0.25, -0.2) is 0 Å². The van der Waals surface area contributed by atoms with E-state index in [2.05, 4.69) is 20.8 Å². The van der Waals surface area contributed by atoms with E-state index < -0.39 is 0 Å². The standard InChI is InChI=1S/C16H30O2/c1-12(2)10-14-4-5-15(13(3)11-14)6-7-16-17-8-9-18-16/h12-16H,4-11H2,1-3H3. The summed E-state index contributed by atoms with van der Waals surface area (Å²) in [5.74, 6) is 3.64. The van der Waals surface area contributed by atoms with Gasteiger partial charge in [0, 0.05) is 0 Å². The zero-order valence-corrected chi connectivity index (χ0v) is 12.4. The summed E-state index contributed by atoms with van der Waals surface area (Å²) in [7, 11) is 0. The van der Waals surface area contributed by atoms with E-state index in [-0.39, 0.29) is 6.29 Å². The molecular formula is C16H30O2. The third kappa shape index (κ3) is 4.24. The van der Waals surface area contributed by atoms with Gasteiger partial charge < -0.3 is 9.47 Å². The van der Waals surface area contributed by atoms with E-state index in [4.69, 9.17) is 9.47 Å². The Morgan fingerprint density at radius 1 is 1.06 bits per heavy atom. The lowest BCUT2D eigenvalue weighted by Gasteiger charge is -2.35. The van der Waals surface area contributed by atoms with Crippen molar-refractivity contribution in [3.8, 4) is 0 Å². The maximum atomic E-state index is 5.53. The lowest BCUT2D eigenvalue weighted by molar-refractivity contribution is -0.0528. The van der Waals surface area contributed by atoms with Gasteiger partial charge in [0.15, 0.2) is 6.29 Å². The van der Waals surface area contributed by atoms with Crippen molar-refractivity contribution in [2.75, 3.05) is 13.2 Å². The molecule has 0 N–H and O–H groups in total. The van der Waals surface area contributed by atoms with Crippen LogP contribution < -0.4 is 0 Å². The molecule has 0 amide bonds. The Balaban J connectivity index is 1.68. The van der Waals surface area contributed by atoms with E-state index in [0.717, 1.165) is 43.3 Å².